The molecule has 7 nitrogen and oxygen atoms in total. The fraction of sp³-hybridized carbons (Fsp3) is 0.304. The van der Waals surface area contributed by atoms with Crippen LogP contribution in [0.1, 0.15) is 31.0 Å². The van der Waals surface area contributed by atoms with Gasteiger partial charge in [-0.15, -0.1) is 0 Å². The second-order valence-corrected chi connectivity index (χ2v) is 7.85. The summed E-state index contributed by atoms with van der Waals surface area (Å²) in [6.45, 7) is 5.34. The van der Waals surface area contributed by atoms with E-state index in [-0.39, 0.29) is 18.3 Å². The molecule has 0 bridgehead atoms. The molecule has 0 saturated heterocycles. The number of fused-ring (bicyclic) bond motifs is 2. The summed E-state index contributed by atoms with van der Waals surface area (Å²) in [4.78, 5) is 28.4. The Balaban J connectivity index is 1.91. The predicted molar refractivity (Wildman–Crippen MR) is 116 cm³/mol. The zero-order chi connectivity index (χ0) is 21.6. The van der Waals surface area contributed by atoms with Gasteiger partial charge in [0.1, 0.15) is 5.92 Å². The summed E-state index contributed by atoms with van der Waals surface area (Å²) in [5.74, 6) is -2.21. The molecule has 2 heterocycles. The summed E-state index contributed by atoms with van der Waals surface area (Å²) in [6, 6.07) is 13.1. The minimum Gasteiger partial charge on any atom is -0.481 e. The molecule has 3 unspecified atom stereocenters. The number of imidazole rings is 1. The summed E-state index contributed by atoms with van der Waals surface area (Å²) in [5.41, 5.74) is 4.21. The highest BCUT2D eigenvalue weighted by atomic mass is 16.4. The molecule has 0 amide bonds. The highest BCUT2D eigenvalue weighted by Gasteiger charge is 2.27. The topological polar surface area (TPSA) is 100 Å². The number of rotatable bonds is 6. The average Bonchev–Trinajstić information content (AvgIpc) is 3.25. The van der Waals surface area contributed by atoms with E-state index in [1.807, 2.05) is 56.4 Å². The third kappa shape index (κ3) is 3.11. The number of carboxylic acids is 1. The lowest BCUT2D eigenvalue weighted by molar-refractivity contribution is -0.145. The van der Waals surface area contributed by atoms with Crippen LogP contribution in [0.3, 0.4) is 0 Å². The lowest BCUT2D eigenvalue weighted by atomic mass is 10.0. The smallest absolute Gasteiger partial charge is 0.329 e. The molecule has 156 valence electrons. The van der Waals surface area contributed by atoms with Gasteiger partial charge < -0.3 is 15.2 Å². The van der Waals surface area contributed by atoms with E-state index in [0.29, 0.717) is 5.52 Å². The van der Waals surface area contributed by atoms with Crippen molar-refractivity contribution in [2.75, 3.05) is 0 Å². The van der Waals surface area contributed by atoms with Crippen LogP contribution in [0.2, 0.25) is 0 Å². The van der Waals surface area contributed by atoms with Crippen molar-refractivity contribution >= 4 is 27.9 Å². The SMILES string of the molecule is Cc1cccc2[nH]cc(C(C)n3c(=O)n(CC(C(=O)O)C(C)O)c4ccccc43)c12. The molecule has 0 saturated carbocycles. The molecule has 0 aliphatic heterocycles. The summed E-state index contributed by atoms with van der Waals surface area (Å²) in [6.07, 6.45) is 0.849. The minimum absolute atomic E-state index is 0.0982. The summed E-state index contributed by atoms with van der Waals surface area (Å²) in [5, 5.41) is 20.5. The second-order valence-electron chi connectivity index (χ2n) is 7.85. The van der Waals surface area contributed by atoms with E-state index in [1.54, 1.807) is 10.6 Å². The molecule has 0 radical (unpaired) electrons. The zero-order valence-electron chi connectivity index (χ0n) is 17.2. The van der Waals surface area contributed by atoms with E-state index in [0.717, 1.165) is 27.5 Å². The first kappa shape index (κ1) is 20.0. The molecule has 7 heteroatoms. The number of aliphatic hydroxyl groups excluding tert-OH is 1. The molecule has 4 rings (SSSR count). The first-order valence-electron chi connectivity index (χ1n) is 9.98. The molecule has 0 fully saturated rings. The Morgan fingerprint density at radius 3 is 2.47 bits per heavy atom. The summed E-state index contributed by atoms with van der Waals surface area (Å²) in [7, 11) is 0. The number of aromatic amines is 1. The van der Waals surface area contributed by atoms with Gasteiger partial charge in [0.2, 0.25) is 0 Å². The van der Waals surface area contributed by atoms with Gasteiger partial charge >= 0.3 is 11.7 Å². The zero-order valence-corrected chi connectivity index (χ0v) is 17.2. The third-order valence-corrected chi connectivity index (χ3v) is 5.93. The Hall–Kier alpha value is -3.32. The quantitative estimate of drug-likeness (QED) is 0.457. The van der Waals surface area contributed by atoms with Crippen LogP contribution in [0.25, 0.3) is 21.9 Å². The molecule has 0 aliphatic rings. The number of aryl methyl sites for hydroxylation is 1. The van der Waals surface area contributed by atoms with Crippen molar-refractivity contribution in [1.29, 1.82) is 0 Å². The number of hydrogen-bond acceptors (Lipinski definition) is 3. The number of H-pyrrole nitrogens is 1. The lowest BCUT2D eigenvalue weighted by Crippen LogP contribution is -2.35. The Labute approximate surface area is 173 Å². The average molecular weight is 407 g/mol. The maximum Gasteiger partial charge on any atom is 0.329 e. The maximum atomic E-state index is 13.5. The number of carbonyl (C=O) groups is 1. The van der Waals surface area contributed by atoms with Gasteiger partial charge in [0.25, 0.3) is 0 Å². The van der Waals surface area contributed by atoms with Crippen molar-refractivity contribution in [3.8, 4) is 0 Å². The molecule has 0 spiro atoms. The fourth-order valence-electron chi connectivity index (χ4n) is 4.28. The van der Waals surface area contributed by atoms with Crippen molar-refractivity contribution in [3.63, 3.8) is 0 Å². The molecule has 3 N–H and O–H groups in total. The van der Waals surface area contributed by atoms with E-state index in [9.17, 15) is 19.8 Å². The standard InChI is InChI=1S/C23H25N3O4/c1-13-7-6-8-18-21(13)16(11-24-18)14(2)26-20-10-5-4-9-19(20)25(23(26)30)12-17(15(3)27)22(28)29/h4-11,14-15,17,24,27H,12H2,1-3H3,(H,28,29). The number of aliphatic hydroxyl groups is 1. The Morgan fingerprint density at radius 2 is 1.80 bits per heavy atom. The van der Waals surface area contributed by atoms with E-state index in [2.05, 4.69) is 4.98 Å². The number of carboxylic acid groups (broad SMARTS) is 1. The molecule has 4 aromatic rings. The normalized spacial score (nSPS) is 14.8. The van der Waals surface area contributed by atoms with Crippen molar-refractivity contribution in [3.05, 3.63) is 70.3 Å². The predicted octanol–water partition coefficient (Wildman–Crippen LogP) is 3.28. The van der Waals surface area contributed by atoms with Crippen LogP contribution in [0.5, 0.6) is 0 Å². The van der Waals surface area contributed by atoms with Gasteiger partial charge in [-0.3, -0.25) is 13.9 Å². The van der Waals surface area contributed by atoms with Gasteiger partial charge in [0.15, 0.2) is 0 Å². The van der Waals surface area contributed by atoms with Gasteiger partial charge in [-0.1, -0.05) is 24.3 Å². The molecule has 2 aromatic heterocycles. The maximum absolute atomic E-state index is 13.5. The van der Waals surface area contributed by atoms with Crippen molar-refractivity contribution in [2.24, 2.45) is 5.92 Å². The molecule has 2 aromatic carbocycles. The van der Waals surface area contributed by atoms with Crippen molar-refractivity contribution in [2.45, 2.75) is 39.5 Å². The minimum atomic E-state index is -1.13. The molecule has 3 atom stereocenters. The van der Waals surface area contributed by atoms with E-state index >= 15 is 0 Å². The van der Waals surface area contributed by atoms with Gasteiger partial charge in [-0.2, -0.15) is 0 Å². The third-order valence-electron chi connectivity index (χ3n) is 5.93. The molecule has 30 heavy (non-hydrogen) atoms. The van der Waals surface area contributed by atoms with Crippen molar-refractivity contribution in [1.82, 2.24) is 14.1 Å². The molecular formula is C23H25N3O4. The largest absolute Gasteiger partial charge is 0.481 e. The summed E-state index contributed by atoms with van der Waals surface area (Å²) >= 11 is 0. The van der Waals surface area contributed by atoms with E-state index in [1.165, 1.54) is 11.5 Å². The van der Waals surface area contributed by atoms with Crippen LogP contribution < -0.4 is 5.69 Å². The van der Waals surface area contributed by atoms with Gasteiger partial charge in [-0.05, 0) is 44.5 Å². The lowest BCUT2D eigenvalue weighted by Gasteiger charge is -2.16. The highest BCUT2D eigenvalue weighted by molar-refractivity contribution is 5.87. The van der Waals surface area contributed by atoms with Crippen LogP contribution >= 0.6 is 0 Å². The number of benzene rings is 2. The number of aromatic nitrogens is 3. The number of nitrogens with zero attached hydrogens (tertiary/aromatic N) is 2. The van der Waals surface area contributed by atoms with E-state index < -0.39 is 18.0 Å². The second kappa shape index (κ2) is 7.50. The van der Waals surface area contributed by atoms with Crippen LogP contribution in [0.4, 0.5) is 0 Å². The van der Waals surface area contributed by atoms with E-state index in [4.69, 9.17) is 0 Å². The summed E-state index contributed by atoms with van der Waals surface area (Å²) < 4.78 is 3.16. The van der Waals surface area contributed by atoms with Gasteiger partial charge in [0.05, 0.1) is 23.2 Å². The van der Waals surface area contributed by atoms with Crippen LogP contribution in [0, 0.1) is 12.8 Å². The molecule has 0 aliphatic carbocycles. The number of para-hydroxylation sites is 2. The van der Waals surface area contributed by atoms with Gasteiger partial charge in [-0.25, -0.2) is 4.79 Å². The van der Waals surface area contributed by atoms with Crippen LogP contribution in [-0.4, -0.2) is 36.4 Å². The Kier molecular flexibility index (Phi) is 4.99. The number of nitrogens with one attached hydrogen (secondary N) is 1. The Morgan fingerprint density at radius 1 is 1.10 bits per heavy atom. The van der Waals surface area contributed by atoms with Crippen molar-refractivity contribution < 1.29 is 15.0 Å². The first-order valence-corrected chi connectivity index (χ1v) is 9.98. The van der Waals surface area contributed by atoms with Crippen LogP contribution in [-0.2, 0) is 11.3 Å². The van der Waals surface area contributed by atoms with Crippen LogP contribution in [0.15, 0.2) is 53.5 Å². The molecular weight excluding hydrogens is 382 g/mol. The van der Waals surface area contributed by atoms with Gasteiger partial charge in [0, 0.05) is 29.2 Å². The Bertz CT molecular complexity index is 1300. The highest BCUT2D eigenvalue weighted by Crippen LogP contribution is 2.30. The first-order chi connectivity index (χ1) is 14.3. The number of hydrogen-bond donors (Lipinski definition) is 3. The monoisotopic (exact) mass is 407 g/mol. The number of aliphatic carboxylic acids is 1. The fourth-order valence-corrected chi connectivity index (χ4v) is 4.28.